The van der Waals surface area contributed by atoms with Gasteiger partial charge >= 0.3 is 5.97 Å². The van der Waals surface area contributed by atoms with Crippen molar-refractivity contribution in [1.29, 1.82) is 0 Å². The molecule has 8 nitrogen and oxygen atoms in total. The molecule has 0 bridgehead atoms. The van der Waals surface area contributed by atoms with Gasteiger partial charge in [-0.25, -0.2) is 4.98 Å². The van der Waals surface area contributed by atoms with Crippen molar-refractivity contribution >= 4 is 28.3 Å². The standard InChI is InChI=1S/C26H32N2O6S/c1-12-15-7-8-26(3)11-18-20(13(2)19(26)21(15)34-24(12)30)27-25(35-18)28-23(29)14-9-16(31-4)22(33-6)17(10-14)32-5/h9-10,12-13,15,19,21H,7-8,11H2,1-6H3,(H,27,28,29)/t12-,13-,15-,19+,21-,26-/m0/s1. The molecule has 188 valence electrons. The normalized spacial score (nSPS) is 31.0. The number of amides is 1. The molecule has 1 amide bonds. The van der Waals surface area contributed by atoms with E-state index < -0.39 is 0 Å². The zero-order valence-electron chi connectivity index (χ0n) is 21.0. The van der Waals surface area contributed by atoms with E-state index in [0.29, 0.717) is 27.9 Å². The van der Waals surface area contributed by atoms with Crippen LogP contribution in [0.15, 0.2) is 12.1 Å². The van der Waals surface area contributed by atoms with Gasteiger partial charge in [-0.15, -0.1) is 11.3 Å². The van der Waals surface area contributed by atoms with Crippen molar-refractivity contribution in [3.05, 3.63) is 28.3 Å². The van der Waals surface area contributed by atoms with Crippen molar-refractivity contribution in [2.75, 3.05) is 26.6 Å². The van der Waals surface area contributed by atoms with Crippen LogP contribution in [-0.2, 0) is 16.0 Å². The maximum absolute atomic E-state index is 13.1. The summed E-state index contributed by atoms with van der Waals surface area (Å²) in [5, 5.41) is 3.53. The number of carbonyl (C=O) groups excluding carboxylic acids is 2. The molecular weight excluding hydrogens is 468 g/mol. The highest BCUT2D eigenvalue weighted by Gasteiger charge is 2.58. The maximum Gasteiger partial charge on any atom is 0.309 e. The predicted octanol–water partition coefficient (Wildman–Crippen LogP) is 4.67. The molecule has 0 spiro atoms. The topological polar surface area (TPSA) is 96.0 Å². The molecule has 1 saturated carbocycles. The quantitative estimate of drug-likeness (QED) is 0.596. The lowest BCUT2D eigenvalue weighted by molar-refractivity contribution is -0.149. The average Bonchev–Trinajstić information content (AvgIpc) is 3.36. The van der Waals surface area contributed by atoms with Gasteiger partial charge in [-0.05, 0) is 36.8 Å². The number of methoxy groups -OCH3 is 3. The summed E-state index contributed by atoms with van der Waals surface area (Å²) in [5.74, 6) is 1.49. The van der Waals surface area contributed by atoms with E-state index in [0.717, 1.165) is 25.0 Å². The van der Waals surface area contributed by atoms with Gasteiger partial charge in [0, 0.05) is 28.2 Å². The smallest absolute Gasteiger partial charge is 0.309 e. The van der Waals surface area contributed by atoms with Crippen LogP contribution in [0, 0.1) is 23.2 Å². The summed E-state index contributed by atoms with van der Waals surface area (Å²) in [4.78, 5) is 31.5. The number of nitrogens with one attached hydrogen (secondary N) is 1. The van der Waals surface area contributed by atoms with Gasteiger partial charge in [-0.2, -0.15) is 0 Å². The molecule has 2 fully saturated rings. The molecule has 6 atom stereocenters. The molecule has 1 aromatic carbocycles. The number of aromatic nitrogens is 1. The van der Waals surface area contributed by atoms with Gasteiger partial charge in [0.1, 0.15) is 6.10 Å². The van der Waals surface area contributed by atoms with Crippen LogP contribution in [0.2, 0.25) is 0 Å². The van der Waals surface area contributed by atoms with Crippen LogP contribution in [0.5, 0.6) is 17.2 Å². The number of fused-ring (bicyclic) bond motifs is 4. The highest BCUT2D eigenvalue weighted by Crippen LogP contribution is 2.59. The van der Waals surface area contributed by atoms with Crippen molar-refractivity contribution in [3.8, 4) is 17.2 Å². The summed E-state index contributed by atoms with van der Waals surface area (Å²) in [7, 11) is 4.55. The molecule has 1 N–H and O–H groups in total. The van der Waals surface area contributed by atoms with E-state index in [1.165, 1.54) is 37.5 Å². The van der Waals surface area contributed by atoms with Gasteiger partial charge < -0.3 is 18.9 Å². The fraction of sp³-hybridized carbons (Fsp3) is 0.577. The lowest BCUT2D eigenvalue weighted by Gasteiger charge is -2.51. The van der Waals surface area contributed by atoms with Crippen LogP contribution in [0.3, 0.4) is 0 Å². The Hall–Kier alpha value is -2.81. The first kappa shape index (κ1) is 23.9. The summed E-state index contributed by atoms with van der Waals surface area (Å²) >= 11 is 1.53. The Kier molecular flexibility index (Phi) is 5.94. The van der Waals surface area contributed by atoms with Crippen molar-refractivity contribution in [1.82, 2.24) is 4.98 Å². The summed E-state index contributed by atoms with van der Waals surface area (Å²) in [5.41, 5.74) is 1.44. The molecule has 0 radical (unpaired) electrons. The SMILES string of the molecule is COc1cc(C(=O)Nc2nc3c(s2)C[C@]2(C)CC[C@@H]4[C@H](OC(=O)[C@H]4C)[C@H]2[C@@H]3C)cc(OC)c1OC. The number of carbonyl (C=O) groups is 2. The number of thiazole rings is 1. The van der Waals surface area contributed by atoms with Crippen LogP contribution in [-0.4, -0.2) is 44.3 Å². The number of benzene rings is 1. The number of nitrogens with zero attached hydrogens (tertiary/aromatic N) is 1. The van der Waals surface area contributed by atoms with Crippen LogP contribution in [0.25, 0.3) is 0 Å². The number of rotatable bonds is 5. The van der Waals surface area contributed by atoms with Crippen molar-refractivity contribution in [2.24, 2.45) is 23.2 Å². The second-order valence-electron chi connectivity index (χ2n) is 10.2. The number of anilines is 1. The Labute approximate surface area is 209 Å². The van der Waals surface area contributed by atoms with E-state index in [-0.39, 0.29) is 47.1 Å². The molecule has 2 heterocycles. The lowest BCUT2D eigenvalue weighted by atomic mass is 9.54. The van der Waals surface area contributed by atoms with Gasteiger partial charge in [0.15, 0.2) is 16.6 Å². The molecule has 2 aromatic rings. The molecule has 0 unspecified atom stereocenters. The van der Waals surface area contributed by atoms with Gasteiger partial charge in [0.05, 0.1) is 32.9 Å². The van der Waals surface area contributed by atoms with Gasteiger partial charge in [-0.3, -0.25) is 14.9 Å². The zero-order valence-corrected chi connectivity index (χ0v) is 21.8. The van der Waals surface area contributed by atoms with Crippen LogP contribution < -0.4 is 19.5 Å². The van der Waals surface area contributed by atoms with E-state index in [2.05, 4.69) is 19.2 Å². The number of hydrogen-bond donors (Lipinski definition) is 1. The van der Waals surface area contributed by atoms with Gasteiger partial charge in [0.2, 0.25) is 5.75 Å². The molecule has 35 heavy (non-hydrogen) atoms. The monoisotopic (exact) mass is 500 g/mol. The summed E-state index contributed by atoms with van der Waals surface area (Å²) in [6.07, 6.45) is 2.90. The zero-order chi connectivity index (χ0) is 25.1. The highest BCUT2D eigenvalue weighted by atomic mass is 32.1. The van der Waals surface area contributed by atoms with E-state index >= 15 is 0 Å². The van der Waals surface area contributed by atoms with Gasteiger partial charge in [0.25, 0.3) is 5.91 Å². The third kappa shape index (κ3) is 3.75. The Morgan fingerprint density at radius 3 is 2.46 bits per heavy atom. The van der Waals surface area contributed by atoms with E-state index in [1.807, 2.05) is 6.92 Å². The predicted molar refractivity (Wildman–Crippen MR) is 132 cm³/mol. The van der Waals surface area contributed by atoms with Crippen molar-refractivity contribution in [2.45, 2.75) is 52.1 Å². The first-order valence-electron chi connectivity index (χ1n) is 12.0. The minimum absolute atomic E-state index is 0.0399. The van der Waals surface area contributed by atoms with Crippen LogP contribution >= 0.6 is 11.3 Å². The van der Waals surface area contributed by atoms with Crippen molar-refractivity contribution in [3.63, 3.8) is 0 Å². The molecule has 1 aliphatic heterocycles. The Balaban J connectivity index is 1.42. The number of esters is 1. The minimum Gasteiger partial charge on any atom is -0.493 e. The van der Waals surface area contributed by atoms with E-state index in [9.17, 15) is 9.59 Å². The van der Waals surface area contributed by atoms with Gasteiger partial charge in [-0.1, -0.05) is 20.8 Å². The fourth-order valence-corrected chi connectivity index (χ4v) is 7.77. The molecule has 9 heteroatoms. The third-order valence-corrected chi connectivity index (χ3v) is 9.29. The molecular formula is C26H32N2O6S. The van der Waals surface area contributed by atoms with E-state index in [1.54, 1.807) is 12.1 Å². The summed E-state index contributed by atoms with van der Waals surface area (Å²) in [6, 6.07) is 3.25. The first-order chi connectivity index (χ1) is 16.7. The highest BCUT2D eigenvalue weighted by molar-refractivity contribution is 7.15. The number of ether oxygens (including phenoxy) is 4. The maximum atomic E-state index is 13.1. The largest absolute Gasteiger partial charge is 0.493 e. The lowest BCUT2D eigenvalue weighted by Crippen LogP contribution is -2.50. The molecule has 5 rings (SSSR count). The third-order valence-electron chi connectivity index (χ3n) is 8.31. The van der Waals surface area contributed by atoms with Crippen LogP contribution in [0.1, 0.15) is 60.5 Å². The molecule has 3 aliphatic rings. The summed E-state index contributed by atoms with van der Waals surface area (Å²) < 4.78 is 22.0. The molecule has 1 saturated heterocycles. The Bertz CT molecular complexity index is 1150. The second-order valence-corrected chi connectivity index (χ2v) is 11.3. The molecule has 1 aromatic heterocycles. The van der Waals surface area contributed by atoms with Crippen LogP contribution in [0.4, 0.5) is 5.13 Å². The Morgan fingerprint density at radius 1 is 1.14 bits per heavy atom. The van der Waals surface area contributed by atoms with E-state index in [4.69, 9.17) is 23.9 Å². The first-order valence-corrected chi connectivity index (χ1v) is 12.8. The average molecular weight is 501 g/mol. The Morgan fingerprint density at radius 2 is 1.83 bits per heavy atom. The molecule has 2 aliphatic carbocycles. The second kappa shape index (κ2) is 8.69. The number of hydrogen-bond acceptors (Lipinski definition) is 8. The fourth-order valence-electron chi connectivity index (χ4n) is 6.51. The minimum atomic E-state index is -0.301. The summed E-state index contributed by atoms with van der Waals surface area (Å²) in [6.45, 7) is 6.50. The van der Waals surface area contributed by atoms with Crippen molar-refractivity contribution < 1.29 is 28.5 Å².